The zero-order valence-electron chi connectivity index (χ0n) is 17.2. The van der Waals surface area contributed by atoms with Crippen LogP contribution in [0.5, 0.6) is 0 Å². The van der Waals surface area contributed by atoms with Crippen molar-refractivity contribution in [2.75, 3.05) is 19.4 Å². The van der Waals surface area contributed by atoms with Crippen LogP contribution in [0.4, 0.5) is 23.8 Å². The van der Waals surface area contributed by atoms with E-state index in [-0.39, 0.29) is 29.6 Å². The van der Waals surface area contributed by atoms with Crippen molar-refractivity contribution in [3.63, 3.8) is 0 Å². The van der Waals surface area contributed by atoms with E-state index in [2.05, 4.69) is 25.6 Å². The molecule has 1 fully saturated rings. The average molecular weight is 432 g/mol. The van der Waals surface area contributed by atoms with E-state index in [4.69, 9.17) is 0 Å². The van der Waals surface area contributed by atoms with Crippen molar-refractivity contribution in [1.82, 2.24) is 25.2 Å². The van der Waals surface area contributed by atoms with Crippen LogP contribution >= 0.6 is 0 Å². The lowest BCUT2D eigenvalue weighted by atomic mass is 9.91. The quantitative estimate of drug-likeness (QED) is 0.581. The van der Waals surface area contributed by atoms with Crippen LogP contribution < -0.4 is 10.6 Å². The zero-order valence-corrected chi connectivity index (χ0v) is 17.2. The molecule has 4 rings (SSSR count). The number of hydrogen-bond acceptors (Lipinski definition) is 4. The molecule has 1 aliphatic carbocycles. The van der Waals surface area contributed by atoms with Crippen LogP contribution in [-0.2, 0) is 0 Å². The highest BCUT2D eigenvalue weighted by atomic mass is 19.1. The van der Waals surface area contributed by atoms with Gasteiger partial charge in [-0.25, -0.2) is 27.9 Å². The Morgan fingerprint density at radius 2 is 1.94 bits per heavy atom. The Morgan fingerprint density at radius 3 is 2.71 bits per heavy atom. The van der Waals surface area contributed by atoms with Crippen LogP contribution in [0.1, 0.15) is 25.7 Å². The van der Waals surface area contributed by atoms with Gasteiger partial charge in [0, 0.05) is 49.4 Å². The van der Waals surface area contributed by atoms with Crippen LogP contribution in [0.15, 0.2) is 24.5 Å². The van der Waals surface area contributed by atoms with Gasteiger partial charge in [0.1, 0.15) is 17.2 Å². The first kappa shape index (κ1) is 21.0. The number of carbonyl (C=O) groups excluding carboxylic acids is 1. The lowest BCUT2D eigenvalue weighted by Crippen LogP contribution is -2.45. The fraction of sp³-hybridized carbons (Fsp3) is 0.381. The smallest absolute Gasteiger partial charge is 0.317 e. The monoisotopic (exact) mass is 432 g/mol. The number of rotatable bonds is 4. The molecule has 1 saturated carbocycles. The van der Waals surface area contributed by atoms with Gasteiger partial charge < -0.3 is 20.5 Å². The van der Waals surface area contributed by atoms with Crippen LogP contribution in [0.3, 0.4) is 0 Å². The third kappa shape index (κ3) is 4.42. The van der Waals surface area contributed by atoms with E-state index in [1.165, 1.54) is 17.2 Å². The molecular weight excluding hydrogens is 409 g/mol. The molecule has 1 aliphatic rings. The Balaban J connectivity index is 1.58. The number of pyridine rings is 2. The Morgan fingerprint density at radius 1 is 1.16 bits per heavy atom. The van der Waals surface area contributed by atoms with Gasteiger partial charge in [-0.3, -0.25) is 0 Å². The summed E-state index contributed by atoms with van der Waals surface area (Å²) < 4.78 is 42.7. The first-order chi connectivity index (χ1) is 14.8. The summed E-state index contributed by atoms with van der Waals surface area (Å²) in [6.07, 6.45) is 5.56. The Kier molecular flexibility index (Phi) is 5.71. The van der Waals surface area contributed by atoms with E-state index in [0.717, 1.165) is 31.5 Å². The van der Waals surface area contributed by atoms with Crippen molar-refractivity contribution < 1.29 is 18.0 Å². The molecule has 0 aromatic carbocycles. The molecule has 3 N–H and O–H groups in total. The van der Waals surface area contributed by atoms with Crippen molar-refractivity contribution in [1.29, 1.82) is 0 Å². The summed E-state index contributed by atoms with van der Waals surface area (Å²) in [7, 11) is 3.33. The molecule has 0 saturated heterocycles. The van der Waals surface area contributed by atoms with Crippen LogP contribution in [-0.4, -0.2) is 52.1 Å². The summed E-state index contributed by atoms with van der Waals surface area (Å²) >= 11 is 0. The van der Waals surface area contributed by atoms with Gasteiger partial charge in [0.05, 0.1) is 6.20 Å². The molecule has 0 aliphatic heterocycles. The number of H-pyrrole nitrogens is 1. The third-order valence-electron chi connectivity index (χ3n) is 5.43. The minimum absolute atomic E-state index is 0.0493. The summed E-state index contributed by atoms with van der Waals surface area (Å²) in [4.78, 5) is 24.3. The minimum Gasteiger partial charge on any atom is -0.365 e. The summed E-state index contributed by atoms with van der Waals surface area (Å²) in [5.74, 6) is -2.32. The molecule has 31 heavy (non-hydrogen) atoms. The van der Waals surface area contributed by atoms with Gasteiger partial charge in [-0.2, -0.15) is 0 Å². The molecule has 7 nitrogen and oxygen atoms in total. The SMILES string of the molecule is CN(C)C(=O)N[C@@H]1CCC[C@H](Nc2nc(-c3c[nH]c4ncc(F)cc34)c(F)cc2F)C1. The maximum absolute atomic E-state index is 14.6. The first-order valence-corrected chi connectivity index (χ1v) is 10.0. The predicted molar refractivity (Wildman–Crippen MR) is 111 cm³/mol. The van der Waals surface area contributed by atoms with Gasteiger partial charge in [0.2, 0.25) is 0 Å². The lowest BCUT2D eigenvalue weighted by molar-refractivity contribution is 0.208. The third-order valence-corrected chi connectivity index (χ3v) is 5.43. The maximum Gasteiger partial charge on any atom is 0.317 e. The second-order valence-electron chi connectivity index (χ2n) is 7.95. The van der Waals surface area contributed by atoms with Crippen molar-refractivity contribution in [2.45, 2.75) is 37.8 Å². The Labute approximate surface area is 177 Å². The fourth-order valence-corrected chi connectivity index (χ4v) is 3.88. The molecule has 0 radical (unpaired) electrons. The highest BCUT2D eigenvalue weighted by molar-refractivity contribution is 5.92. The fourth-order valence-electron chi connectivity index (χ4n) is 3.88. The number of aromatic nitrogens is 3. The zero-order chi connectivity index (χ0) is 22.1. The first-order valence-electron chi connectivity index (χ1n) is 10.0. The van der Waals surface area contributed by atoms with Gasteiger partial charge in [-0.1, -0.05) is 0 Å². The number of anilines is 1. The number of urea groups is 1. The minimum atomic E-state index is -0.854. The maximum atomic E-state index is 14.6. The van der Waals surface area contributed by atoms with Crippen molar-refractivity contribution in [3.8, 4) is 11.3 Å². The van der Waals surface area contributed by atoms with Crippen molar-refractivity contribution in [3.05, 3.63) is 42.0 Å². The summed E-state index contributed by atoms with van der Waals surface area (Å²) in [6.45, 7) is 0. The second-order valence-corrected chi connectivity index (χ2v) is 7.95. The average Bonchev–Trinajstić information content (AvgIpc) is 3.13. The normalized spacial score (nSPS) is 18.7. The molecule has 0 spiro atoms. The standard InChI is InChI=1S/C21H23F3N6O/c1-30(2)21(31)28-13-5-3-4-12(7-13)27-20-17(24)8-16(23)18(29-20)15-10-26-19-14(15)6-11(22)9-25-19/h6,8-10,12-13H,3-5,7H2,1-2H3,(H,25,26)(H,27,29)(H,28,31)/t12-,13+/m0/s1. The summed E-state index contributed by atoms with van der Waals surface area (Å²) in [5, 5.41) is 6.35. The number of hydrogen-bond donors (Lipinski definition) is 3. The van der Waals surface area contributed by atoms with E-state index in [9.17, 15) is 18.0 Å². The van der Waals surface area contributed by atoms with E-state index in [0.29, 0.717) is 23.0 Å². The number of amides is 2. The van der Waals surface area contributed by atoms with E-state index in [1.807, 2.05) is 0 Å². The topological polar surface area (TPSA) is 85.9 Å². The van der Waals surface area contributed by atoms with Gasteiger partial charge in [0.15, 0.2) is 17.5 Å². The Hall–Kier alpha value is -3.30. The van der Waals surface area contributed by atoms with Crippen LogP contribution in [0, 0.1) is 17.5 Å². The molecule has 0 unspecified atom stereocenters. The molecule has 0 bridgehead atoms. The number of fused-ring (bicyclic) bond motifs is 1. The van der Waals surface area contributed by atoms with Crippen molar-refractivity contribution in [2.24, 2.45) is 0 Å². The molecule has 2 amide bonds. The summed E-state index contributed by atoms with van der Waals surface area (Å²) in [5.41, 5.74) is 0.571. The van der Waals surface area contributed by atoms with Crippen LogP contribution in [0.25, 0.3) is 22.3 Å². The molecule has 10 heteroatoms. The Bertz CT molecular complexity index is 1120. The molecule has 2 atom stereocenters. The predicted octanol–water partition coefficient (Wildman–Crippen LogP) is 4.04. The van der Waals surface area contributed by atoms with E-state index >= 15 is 0 Å². The summed E-state index contributed by atoms with van der Waals surface area (Å²) in [6, 6.07) is 1.63. The van der Waals surface area contributed by atoms with Crippen LogP contribution in [0.2, 0.25) is 0 Å². The number of nitrogens with one attached hydrogen (secondary N) is 3. The molecule has 3 heterocycles. The van der Waals surface area contributed by atoms with Gasteiger partial charge in [-0.05, 0) is 31.7 Å². The van der Waals surface area contributed by atoms with Gasteiger partial charge in [-0.15, -0.1) is 0 Å². The number of halogens is 3. The molecule has 3 aromatic heterocycles. The van der Waals surface area contributed by atoms with Gasteiger partial charge >= 0.3 is 6.03 Å². The lowest BCUT2D eigenvalue weighted by Gasteiger charge is -2.31. The molecule has 3 aromatic rings. The van der Waals surface area contributed by atoms with E-state index in [1.54, 1.807) is 14.1 Å². The largest absolute Gasteiger partial charge is 0.365 e. The second kappa shape index (κ2) is 8.44. The molecular formula is C21H23F3N6O. The van der Waals surface area contributed by atoms with E-state index < -0.39 is 17.5 Å². The highest BCUT2D eigenvalue weighted by Crippen LogP contribution is 2.31. The number of carbonyl (C=O) groups is 1. The van der Waals surface area contributed by atoms with Crippen molar-refractivity contribution >= 4 is 22.9 Å². The highest BCUT2D eigenvalue weighted by Gasteiger charge is 2.26. The number of nitrogens with zero attached hydrogens (tertiary/aromatic N) is 3. The van der Waals surface area contributed by atoms with Gasteiger partial charge in [0.25, 0.3) is 0 Å². The molecule has 164 valence electrons. The number of aromatic amines is 1.